The molecule has 0 saturated carbocycles. The maximum atomic E-state index is 6.53. The number of hydrogen-bond donors (Lipinski definition) is 0. The van der Waals surface area contributed by atoms with Crippen molar-refractivity contribution >= 4 is 54.4 Å². The van der Waals surface area contributed by atoms with Crippen LogP contribution in [0.15, 0.2) is 146 Å². The smallest absolute Gasteiger partial charge is 0.152 e. The fraction of sp³-hybridized carbons (Fsp3) is 0. The van der Waals surface area contributed by atoms with Crippen molar-refractivity contribution in [1.82, 2.24) is 9.13 Å². The lowest BCUT2D eigenvalue weighted by molar-refractivity contribution is 0.477. The standard InChI is InChI=1S/C40H24N2O/c1-2-10-27-24-36-33(23-26(27)9-1)31-12-4-5-15-34(31)41(36)28-21-19-25(20-22-28)29-13-7-17-37-39(29)42-35-16-6-3-11-30(35)32-14-8-18-38(43-37)40(32)42/h1-24H. The number of nitrogens with zero attached hydrogens (tertiary/aromatic N) is 2. The summed E-state index contributed by atoms with van der Waals surface area (Å²) in [6, 6.07) is 52.3. The molecule has 0 amide bonds. The predicted octanol–water partition coefficient (Wildman–Crippen LogP) is 10.8. The summed E-state index contributed by atoms with van der Waals surface area (Å²) in [5, 5.41) is 7.50. The molecule has 0 spiro atoms. The second-order valence-corrected chi connectivity index (χ2v) is 11.4. The third-order valence-electron chi connectivity index (χ3n) is 9.08. The molecule has 0 radical (unpaired) electrons. The number of para-hydroxylation sites is 4. The van der Waals surface area contributed by atoms with Crippen molar-refractivity contribution < 1.29 is 4.74 Å². The van der Waals surface area contributed by atoms with E-state index in [0.717, 1.165) is 39.5 Å². The van der Waals surface area contributed by atoms with Gasteiger partial charge in [-0.15, -0.1) is 0 Å². The Morgan fingerprint density at radius 3 is 1.86 bits per heavy atom. The first-order chi connectivity index (χ1) is 21.3. The van der Waals surface area contributed by atoms with Gasteiger partial charge in [-0.1, -0.05) is 97.1 Å². The van der Waals surface area contributed by atoms with Gasteiger partial charge < -0.3 is 13.9 Å². The number of hydrogen-bond acceptors (Lipinski definition) is 1. The molecule has 0 aliphatic carbocycles. The van der Waals surface area contributed by atoms with E-state index in [1.54, 1.807) is 0 Å². The molecule has 0 unspecified atom stereocenters. The van der Waals surface area contributed by atoms with Crippen molar-refractivity contribution in [1.29, 1.82) is 0 Å². The lowest BCUT2D eigenvalue weighted by Crippen LogP contribution is -2.06. The summed E-state index contributed by atoms with van der Waals surface area (Å²) in [7, 11) is 0. The topological polar surface area (TPSA) is 19.1 Å². The van der Waals surface area contributed by atoms with Crippen LogP contribution in [0.25, 0.3) is 76.9 Å². The molecule has 3 heterocycles. The van der Waals surface area contributed by atoms with Crippen LogP contribution in [0.1, 0.15) is 0 Å². The number of rotatable bonds is 2. The van der Waals surface area contributed by atoms with Gasteiger partial charge in [0.2, 0.25) is 0 Å². The highest BCUT2D eigenvalue weighted by molar-refractivity contribution is 6.14. The normalized spacial score (nSPS) is 12.4. The molecule has 3 heteroatoms. The highest BCUT2D eigenvalue weighted by atomic mass is 16.5. The number of ether oxygens (including phenoxy) is 1. The molecule has 10 rings (SSSR count). The third-order valence-corrected chi connectivity index (χ3v) is 9.08. The minimum absolute atomic E-state index is 0.872. The molecular formula is C40H24N2O. The van der Waals surface area contributed by atoms with E-state index in [9.17, 15) is 0 Å². The van der Waals surface area contributed by atoms with Gasteiger partial charge >= 0.3 is 0 Å². The molecule has 1 aliphatic rings. The summed E-state index contributed by atoms with van der Waals surface area (Å²) >= 11 is 0. The minimum Gasteiger partial charge on any atom is -0.453 e. The Kier molecular flexibility index (Phi) is 4.45. The number of fused-ring (bicyclic) bond motifs is 9. The van der Waals surface area contributed by atoms with Gasteiger partial charge in [-0.3, -0.25) is 0 Å². The van der Waals surface area contributed by atoms with Crippen LogP contribution < -0.4 is 4.74 Å². The Bertz CT molecular complexity index is 2580. The molecule has 9 aromatic rings. The van der Waals surface area contributed by atoms with Crippen LogP contribution in [0.5, 0.6) is 11.5 Å². The number of benzene rings is 7. The SMILES string of the molecule is c1cc2c(c(-c3ccc(-n4c5ccccc5c5cc6ccccc6cc54)cc3)c1)-n1c3ccccc3c3cccc(c31)O2. The summed E-state index contributed by atoms with van der Waals surface area (Å²) in [4.78, 5) is 0. The largest absolute Gasteiger partial charge is 0.453 e. The Balaban J connectivity index is 1.19. The summed E-state index contributed by atoms with van der Waals surface area (Å²) in [5.74, 6) is 1.77. The first-order valence-corrected chi connectivity index (χ1v) is 14.7. The van der Waals surface area contributed by atoms with Crippen LogP contribution in [0.3, 0.4) is 0 Å². The van der Waals surface area contributed by atoms with Crippen LogP contribution in [-0.4, -0.2) is 9.13 Å². The van der Waals surface area contributed by atoms with Crippen molar-refractivity contribution in [2.75, 3.05) is 0 Å². The average Bonchev–Trinajstić information content (AvgIpc) is 3.57. The van der Waals surface area contributed by atoms with E-state index in [1.165, 1.54) is 48.9 Å². The summed E-state index contributed by atoms with van der Waals surface area (Å²) < 4.78 is 11.3. The Morgan fingerprint density at radius 1 is 0.419 bits per heavy atom. The van der Waals surface area contributed by atoms with Crippen LogP contribution in [0.2, 0.25) is 0 Å². The van der Waals surface area contributed by atoms with Crippen molar-refractivity contribution in [2.45, 2.75) is 0 Å². The quantitative estimate of drug-likeness (QED) is 0.210. The molecule has 3 nitrogen and oxygen atoms in total. The van der Waals surface area contributed by atoms with Gasteiger partial charge in [0, 0.05) is 32.8 Å². The van der Waals surface area contributed by atoms with E-state index in [1.807, 2.05) is 0 Å². The molecule has 200 valence electrons. The molecule has 1 aliphatic heterocycles. The van der Waals surface area contributed by atoms with E-state index >= 15 is 0 Å². The zero-order chi connectivity index (χ0) is 28.1. The zero-order valence-electron chi connectivity index (χ0n) is 23.2. The van der Waals surface area contributed by atoms with Gasteiger partial charge in [-0.25, -0.2) is 0 Å². The first-order valence-electron chi connectivity index (χ1n) is 14.7. The lowest BCUT2D eigenvalue weighted by Gasteiger charge is -2.23. The van der Waals surface area contributed by atoms with E-state index in [0.29, 0.717) is 0 Å². The second kappa shape index (κ2) is 8.37. The molecule has 0 fully saturated rings. The molecule has 0 N–H and O–H groups in total. The highest BCUT2D eigenvalue weighted by Crippen LogP contribution is 2.48. The Hall–Kier alpha value is -5.80. The fourth-order valence-electron chi connectivity index (χ4n) is 7.21. The molecule has 43 heavy (non-hydrogen) atoms. The molecule has 0 atom stereocenters. The van der Waals surface area contributed by atoms with Gasteiger partial charge in [0.05, 0.1) is 27.8 Å². The van der Waals surface area contributed by atoms with Crippen LogP contribution in [0.4, 0.5) is 0 Å². The second-order valence-electron chi connectivity index (χ2n) is 11.4. The van der Waals surface area contributed by atoms with Crippen LogP contribution in [-0.2, 0) is 0 Å². The van der Waals surface area contributed by atoms with Crippen molar-refractivity contribution in [3.05, 3.63) is 146 Å². The molecule has 2 aromatic heterocycles. The monoisotopic (exact) mass is 548 g/mol. The summed E-state index contributed by atoms with van der Waals surface area (Å²) in [6.07, 6.45) is 0. The van der Waals surface area contributed by atoms with E-state index in [2.05, 4.69) is 155 Å². The van der Waals surface area contributed by atoms with Gasteiger partial charge in [0.15, 0.2) is 11.5 Å². The lowest BCUT2D eigenvalue weighted by atomic mass is 10.0. The summed E-state index contributed by atoms with van der Waals surface area (Å²) in [5.41, 5.74) is 9.28. The maximum Gasteiger partial charge on any atom is 0.152 e. The van der Waals surface area contributed by atoms with Crippen LogP contribution in [0, 0.1) is 0 Å². The Labute approximate surface area is 247 Å². The Morgan fingerprint density at radius 2 is 1.05 bits per heavy atom. The zero-order valence-corrected chi connectivity index (χ0v) is 23.2. The maximum absolute atomic E-state index is 6.53. The number of aromatic nitrogens is 2. The average molecular weight is 549 g/mol. The fourth-order valence-corrected chi connectivity index (χ4v) is 7.21. The van der Waals surface area contributed by atoms with Crippen molar-refractivity contribution in [2.24, 2.45) is 0 Å². The van der Waals surface area contributed by atoms with Gasteiger partial charge in [0.1, 0.15) is 0 Å². The molecule has 7 aromatic carbocycles. The van der Waals surface area contributed by atoms with Crippen LogP contribution >= 0.6 is 0 Å². The van der Waals surface area contributed by atoms with Gasteiger partial charge in [-0.2, -0.15) is 0 Å². The summed E-state index contributed by atoms with van der Waals surface area (Å²) in [6.45, 7) is 0. The predicted molar refractivity (Wildman–Crippen MR) is 178 cm³/mol. The van der Waals surface area contributed by atoms with Crippen molar-refractivity contribution in [3.8, 4) is 34.0 Å². The van der Waals surface area contributed by atoms with E-state index in [4.69, 9.17) is 4.74 Å². The van der Waals surface area contributed by atoms with Gasteiger partial charge in [-0.05, 0) is 64.9 Å². The first kappa shape index (κ1) is 22.8. The molecule has 0 saturated heterocycles. The van der Waals surface area contributed by atoms with E-state index < -0.39 is 0 Å². The van der Waals surface area contributed by atoms with Crippen molar-refractivity contribution in [3.63, 3.8) is 0 Å². The molecule has 0 bridgehead atoms. The highest BCUT2D eigenvalue weighted by Gasteiger charge is 2.26. The minimum atomic E-state index is 0.872. The molecular weight excluding hydrogens is 524 g/mol. The van der Waals surface area contributed by atoms with Gasteiger partial charge in [0.25, 0.3) is 0 Å². The van der Waals surface area contributed by atoms with E-state index in [-0.39, 0.29) is 0 Å². The third kappa shape index (κ3) is 3.08.